The maximum Gasteiger partial charge on any atom is 0.153 e. The maximum absolute atomic E-state index is 12.8. The number of hydrogen-bond donors (Lipinski definition) is 0. The Bertz CT molecular complexity index is 451. The number of aromatic nitrogens is 1. The Hall–Kier alpha value is -2.20. The smallest absolute Gasteiger partial charge is 0.153 e. The van der Waals surface area contributed by atoms with Crippen LogP contribution in [0.2, 0.25) is 0 Å². The van der Waals surface area contributed by atoms with E-state index in [1.807, 2.05) is 6.07 Å². The zero-order chi connectivity index (χ0) is 10.4. The van der Waals surface area contributed by atoms with Gasteiger partial charge in [-0.05, 0) is 12.0 Å². The van der Waals surface area contributed by atoms with Crippen LogP contribution >= 0.6 is 0 Å². The van der Waals surface area contributed by atoms with E-state index in [-0.39, 0.29) is 17.7 Å². The molecule has 0 bridgehead atoms. The highest BCUT2D eigenvalue weighted by atomic mass is 19.1. The van der Waals surface area contributed by atoms with E-state index in [1.54, 1.807) is 0 Å². The van der Waals surface area contributed by atoms with Crippen molar-refractivity contribution in [2.45, 2.75) is 6.42 Å². The molecule has 4 heteroatoms. The lowest BCUT2D eigenvalue weighted by molar-refractivity contribution is 0.111. The molecule has 0 atom stereocenters. The highest BCUT2D eigenvalue weighted by Gasteiger charge is 2.01. The summed E-state index contributed by atoms with van der Waals surface area (Å²) < 4.78 is 12.8. The van der Waals surface area contributed by atoms with E-state index in [0.29, 0.717) is 6.29 Å². The Morgan fingerprint density at radius 3 is 3.07 bits per heavy atom. The number of halogens is 1. The third-order valence-corrected chi connectivity index (χ3v) is 1.40. The lowest BCUT2D eigenvalue weighted by atomic mass is 10.2. The minimum Gasteiger partial charge on any atom is -0.298 e. The molecule has 0 aliphatic heterocycles. The Labute approximate surface area is 80.2 Å². The molecule has 0 radical (unpaired) electrons. The predicted octanol–water partition coefficient (Wildman–Crippen LogP) is 1.30. The summed E-state index contributed by atoms with van der Waals surface area (Å²) in [7, 11) is 0. The van der Waals surface area contributed by atoms with Crippen molar-refractivity contribution < 1.29 is 9.18 Å². The van der Waals surface area contributed by atoms with E-state index >= 15 is 0 Å². The third-order valence-electron chi connectivity index (χ3n) is 1.40. The highest BCUT2D eigenvalue weighted by Crippen LogP contribution is 2.03. The summed E-state index contributed by atoms with van der Waals surface area (Å²) in [5, 5.41) is 8.20. The molecule has 0 N–H and O–H groups in total. The van der Waals surface area contributed by atoms with Crippen molar-refractivity contribution in [3.05, 3.63) is 29.3 Å². The van der Waals surface area contributed by atoms with Gasteiger partial charge < -0.3 is 0 Å². The zero-order valence-electron chi connectivity index (χ0n) is 7.12. The van der Waals surface area contributed by atoms with Crippen molar-refractivity contribution in [3.63, 3.8) is 0 Å². The Balaban J connectivity index is 2.98. The molecule has 68 valence electrons. The van der Waals surface area contributed by atoms with Gasteiger partial charge in [-0.2, -0.15) is 5.26 Å². The largest absolute Gasteiger partial charge is 0.298 e. The van der Waals surface area contributed by atoms with E-state index in [4.69, 9.17) is 5.26 Å². The van der Waals surface area contributed by atoms with Crippen LogP contribution < -0.4 is 0 Å². The first-order valence-corrected chi connectivity index (χ1v) is 3.74. The van der Waals surface area contributed by atoms with Crippen LogP contribution in [0.25, 0.3) is 0 Å². The molecule has 1 aromatic rings. The van der Waals surface area contributed by atoms with E-state index in [1.165, 1.54) is 6.07 Å². The molecule has 1 aromatic heterocycles. The Morgan fingerprint density at radius 1 is 1.64 bits per heavy atom. The van der Waals surface area contributed by atoms with Crippen LogP contribution in [-0.4, -0.2) is 11.3 Å². The number of nitriles is 1. The van der Waals surface area contributed by atoms with Gasteiger partial charge in [-0.1, -0.05) is 5.92 Å². The van der Waals surface area contributed by atoms with Gasteiger partial charge in [0.1, 0.15) is 5.69 Å². The SMILES string of the molecule is N#CCC#Cc1cc(C=O)c(F)cn1. The normalized spacial score (nSPS) is 8.29. The molecule has 0 unspecified atom stereocenters. The fraction of sp³-hybridized carbons (Fsp3) is 0.100. The van der Waals surface area contributed by atoms with Gasteiger partial charge in [0.15, 0.2) is 12.1 Å². The van der Waals surface area contributed by atoms with Crippen LogP contribution in [0.3, 0.4) is 0 Å². The molecular formula is C10H5FN2O. The van der Waals surface area contributed by atoms with E-state index in [2.05, 4.69) is 16.8 Å². The first-order valence-electron chi connectivity index (χ1n) is 3.74. The molecule has 0 fully saturated rings. The van der Waals surface area contributed by atoms with Crippen molar-refractivity contribution in [3.8, 4) is 17.9 Å². The third kappa shape index (κ3) is 2.40. The maximum atomic E-state index is 12.8. The number of carbonyl (C=O) groups excluding carboxylic acids is 1. The van der Waals surface area contributed by atoms with Crippen LogP contribution in [0.5, 0.6) is 0 Å². The lowest BCUT2D eigenvalue weighted by Crippen LogP contribution is -1.92. The summed E-state index contributed by atoms with van der Waals surface area (Å²) in [4.78, 5) is 14.0. The van der Waals surface area contributed by atoms with Gasteiger partial charge in [-0.15, -0.1) is 0 Å². The van der Waals surface area contributed by atoms with Crippen LogP contribution in [0.15, 0.2) is 12.3 Å². The van der Waals surface area contributed by atoms with Crippen LogP contribution in [0.1, 0.15) is 22.5 Å². The summed E-state index contributed by atoms with van der Waals surface area (Å²) in [5.74, 6) is 4.37. The summed E-state index contributed by atoms with van der Waals surface area (Å²) >= 11 is 0. The summed E-state index contributed by atoms with van der Waals surface area (Å²) in [6.45, 7) is 0. The molecule has 1 heterocycles. The van der Waals surface area contributed by atoms with Crippen molar-refractivity contribution >= 4 is 6.29 Å². The molecule has 1 rings (SSSR count). The first-order chi connectivity index (χ1) is 6.77. The lowest BCUT2D eigenvalue weighted by Gasteiger charge is -1.93. The number of pyridine rings is 1. The van der Waals surface area contributed by atoms with Crippen molar-refractivity contribution in [2.75, 3.05) is 0 Å². The molecule has 0 saturated heterocycles. The quantitative estimate of drug-likeness (QED) is 0.493. The molecule has 0 spiro atoms. The second kappa shape index (κ2) is 4.74. The topological polar surface area (TPSA) is 53.8 Å². The second-order valence-electron chi connectivity index (χ2n) is 2.35. The van der Waals surface area contributed by atoms with Crippen molar-refractivity contribution in [1.82, 2.24) is 4.98 Å². The number of aldehydes is 1. The van der Waals surface area contributed by atoms with Crippen LogP contribution in [0, 0.1) is 29.0 Å². The Morgan fingerprint density at radius 2 is 2.43 bits per heavy atom. The average Bonchev–Trinajstić information content (AvgIpc) is 2.21. The summed E-state index contributed by atoms with van der Waals surface area (Å²) in [6.07, 6.45) is 1.40. The molecular weight excluding hydrogens is 183 g/mol. The molecule has 0 aliphatic carbocycles. The van der Waals surface area contributed by atoms with Crippen LogP contribution in [-0.2, 0) is 0 Å². The number of nitrogens with zero attached hydrogens (tertiary/aromatic N) is 2. The number of hydrogen-bond acceptors (Lipinski definition) is 3. The molecule has 3 nitrogen and oxygen atoms in total. The van der Waals surface area contributed by atoms with E-state index in [0.717, 1.165) is 6.20 Å². The Kier molecular flexibility index (Phi) is 3.34. The van der Waals surface area contributed by atoms with Gasteiger partial charge in [0.2, 0.25) is 0 Å². The first kappa shape index (κ1) is 9.88. The van der Waals surface area contributed by atoms with Gasteiger partial charge >= 0.3 is 0 Å². The van der Waals surface area contributed by atoms with Gasteiger partial charge in [-0.25, -0.2) is 9.37 Å². The fourth-order valence-corrected chi connectivity index (χ4v) is 0.787. The van der Waals surface area contributed by atoms with E-state index in [9.17, 15) is 9.18 Å². The van der Waals surface area contributed by atoms with Crippen molar-refractivity contribution in [2.24, 2.45) is 0 Å². The monoisotopic (exact) mass is 188 g/mol. The number of rotatable bonds is 1. The minimum absolute atomic E-state index is 0.0788. The molecule has 0 aliphatic rings. The second-order valence-corrected chi connectivity index (χ2v) is 2.35. The summed E-state index contributed by atoms with van der Waals surface area (Å²) in [5.41, 5.74) is 0.199. The van der Waals surface area contributed by atoms with Gasteiger partial charge in [0, 0.05) is 0 Å². The zero-order valence-corrected chi connectivity index (χ0v) is 7.12. The molecule has 0 amide bonds. The molecule has 0 aromatic carbocycles. The fourth-order valence-electron chi connectivity index (χ4n) is 0.787. The van der Waals surface area contributed by atoms with Gasteiger partial charge in [0.25, 0.3) is 0 Å². The summed E-state index contributed by atoms with van der Waals surface area (Å²) in [6, 6.07) is 3.08. The standard InChI is InChI=1S/C10H5FN2O/c11-10-6-13-9(3-1-2-4-12)5-8(10)7-14/h5-7H,2H2. The molecule has 0 saturated carbocycles. The van der Waals surface area contributed by atoms with Crippen molar-refractivity contribution in [1.29, 1.82) is 5.26 Å². The van der Waals surface area contributed by atoms with E-state index < -0.39 is 5.82 Å². The predicted molar refractivity (Wildman–Crippen MR) is 46.7 cm³/mol. The highest BCUT2D eigenvalue weighted by molar-refractivity contribution is 5.75. The minimum atomic E-state index is -0.675. The van der Waals surface area contributed by atoms with Gasteiger partial charge in [-0.3, -0.25) is 4.79 Å². The number of carbonyl (C=O) groups is 1. The van der Waals surface area contributed by atoms with Crippen LogP contribution in [0.4, 0.5) is 4.39 Å². The molecule has 14 heavy (non-hydrogen) atoms. The average molecular weight is 188 g/mol. The van der Waals surface area contributed by atoms with Gasteiger partial charge in [0.05, 0.1) is 24.3 Å².